The van der Waals surface area contributed by atoms with E-state index in [1.54, 1.807) is 31.2 Å². The van der Waals surface area contributed by atoms with Crippen LogP contribution >= 0.6 is 0 Å². The first-order chi connectivity index (χ1) is 12.1. The fraction of sp³-hybridized carbons (Fsp3) is 0.211. The SMILES string of the molecule is CCn1c(NC(=O)C(C)NC(=O)c2ccccc2)nc2ccccc21. The van der Waals surface area contributed by atoms with E-state index in [9.17, 15) is 9.59 Å². The van der Waals surface area contributed by atoms with Gasteiger partial charge >= 0.3 is 0 Å². The molecule has 0 aliphatic heterocycles. The lowest BCUT2D eigenvalue weighted by molar-refractivity contribution is -0.117. The van der Waals surface area contributed by atoms with Crippen molar-refractivity contribution < 1.29 is 9.59 Å². The van der Waals surface area contributed by atoms with Crippen molar-refractivity contribution in [3.05, 3.63) is 60.2 Å². The molecule has 3 aromatic rings. The fourth-order valence-corrected chi connectivity index (χ4v) is 2.64. The summed E-state index contributed by atoms with van der Waals surface area (Å²) in [4.78, 5) is 29.1. The normalized spacial score (nSPS) is 11.9. The summed E-state index contributed by atoms with van der Waals surface area (Å²) in [7, 11) is 0. The molecule has 128 valence electrons. The van der Waals surface area contributed by atoms with Crippen LogP contribution in [0.5, 0.6) is 0 Å². The molecule has 0 saturated heterocycles. The Morgan fingerprint density at radius 1 is 1.08 bits per heavy atom. The second kappa shape index (κ2) is 7.17. The first-order valence-electron chi connectivity index (χ1n) is 8.22. The average molecular weight is 336 g/mol. The highest BCUT2D eigenvalue weighted by atomic mass is 16.2. The van der Waals surface area contributed by atoms with Gasteiger partial charge in [0.15, 0.2) is 0 Å². The number of para-hydroxylation sites is 2. The van der Waals surface area contributed by atoms with Crippen LogP contribution in [0, 0.1) is 0 Å². The molecule has 3 rings (SSSR count). The summed E-state index contributed by atoms with van der Waals surface area (Å²) < 4.78 is 1.93. The standard InChI is InChI=1S/C19H20N4O2/c1-3-23-16-12-8-7-11-15(16)21-19(23)22-17(24)13(2)20-18(25)14-9-5-4-6-10-14/h4-13H,3H2,1-2H3,(H,20,25)(H,21,22,24). The van der Waals surface area contributed by atoms with Gasteiger partial charge < -0.3 is 9.88 Å². The van der Waals surface area contributed by atoms with Gasteiger partial charge in [-0.05, 0) is 38.1 Å². The summed E-state index contributed by atoms with van der Waals surface area (Å²) in [5, 5.41) is 5.51. The smallest absolute Gasteiger partial charge is 0.251 e. The number of hydrogen-bond acceptors (Lipinski definition) is 3. The van der Waals surface area contributed by atoms with E-state index in [1.165, 1.54) is 0 Å². The van der Waals surface area contributed by atoms with E-state index in [-0.39, 0.29) is 11.8 Å². The molecule has 1 unspecified atom stereocenters. The number of carbonyl (C=O) groups is 2. The number of nitrogens with zero attached hydrogens (tertiary/aromatic N) is 2. The largest absolute Gasteiger partial charge is 0.341 e. The van der Waals surface area contributed by atoms with Crippen LogP contribution in [0.2, 0.25) is 0 Å². The molecule has 6 heteroatoms. The Labute approximate surface area is 145 Å². The number of carbonyl (C=O) groups excluding carboxylic acids is 2. The van der Waals surface area contributed by atoms with Gasteiger partial charge in [-0.2, -0.15) is 0 Å². The van der Waals surface area contributed by atoms with Gasteiger partial charge in [-0.3, -0.25) is 14.9 Å². The monoisotopic (exact) mass is 336 g/mol. The summed E-state index contributed by atoms with van der Waals surface area (Å²) in [5.41, 5.74) is 2.30. The van der Waals surface area contributed by atoms with Crippen molar-refractivity contribution in [2.45, 2.75) is 26.4 Å². The van der Waals surface area contributed by atoms with E-state index in [0.717, 1.165) is 11.0 Å². The topological polar surface area (TPSA) is 76.0 Å². The van der Waals surface area contributed by atoms with Gasteiger partial charge in [0.25, 0.3) is 5.91 Å². The molecule has 1 heterocycles. The molecule has 0 bridgehead atoms. The first-order valence-corrected chi connectivity index (χ1v) is 8.22. The maximum absolute atomic E-state index is 12.4. The van der Waals surface area contributed by atoms with Crippen molar-refractivity contribution >= 4 is 28.8 Å². The van der Waals surface area contributed by atoms with Crippen LogP contribution in [0.15, 0.2) is 54.6 Å². The zero-order valence-electron chi connectivity index (χ0n) is 14.2. The molecule has 2 aromatic carbocycles. The van der Waals surface area contributed by atoms with Crippen LogP contribution in [0.25, 0.3) is 11.0 Å². The lowest BCUT2D eigenvalue weighted by Gasteiger charge is -2.14. The Kier molecular flexibility index (Phi) is 4.79. The predicted molar refractivity (Wildman–Crippen MR) is 97.4 cm³/mol. The summed E-state index contributed by atoms with van der Waals surface area (Å²) in [5.74, 6) is -0.115. The number of fused-ring (bicyclic) bond motifs is 1. The zero-order valence-corrected chi connectivity index (χ0v) is 14.2. The summed E-state index contributed by atoms with van der Waals surface area (Å²) in [6.07, 6.45) is 0. The highest BCUT2D eigenvalue weighted by molar-refractivity contribution is 6.00. The van der Waals surface area contributed by atoms with E-state index >= 15 is 0 Å². The molecule has 0 saturated carbocycles. The van der Waals surface area contributed by atoms with Gasteiger partial charge in [0, 0.05) is 12.1 Å². The van der Waals surface area contributed by atoms with E-state index in [1.807, 2.05) is 41.8 Å². The minimum Gasteiger partial charge on any atom is -0.341 e. The van der Waals surface area contributed by atoms with Crippen molar-refractivity contribution in [1.82, 2.24) is 14.9 Å². The Hall–Kier alpha value is -3.15. The predicted octanol–water partition coefficient (Wildman–Crippen LogP) is 2.81. The molecule has 6 nitrogen and oxygen atoms in total. The van der Waals surface area contributed by atoms with Crippen molar-refractivity contribution in [2.24, 2.45) is 0 Å². The molecule has 2 amide bonds. The number of imidazole rings is 1. The molecule has 0 radical (unpaired) electrons. The van der Waals surface area contributed by atoms with Gasteiger partial charge in [-0.25, -0.2) is 4.98 Å². The number of hydrogen-bond donors (Lipinski definition) is 2. The van der Waals surface area contributed by atoms with Gasteiger partial charge in [-0.15, -0.1) is 0 Å². The minimum atomic E-state index is -0.683. The van der Waals surface area contributed by atoms with Crippen molar-refractivity contribution in [1.29, 1.82) is 0 Å². The molecule has 1 atom stereocenters. The van der Waals surface area contributed by atoms with E-state index in [4.69, 9.17) is 0 Å². The van der Waals surface area contributed by atoms with Crippen LogP contribution in [0.3, 0.4) is 0 Å². The number of aromatic nitrogens is 2. The third kappa shape index (κ3) is 3.52. The lowest BCUT2D eigenvalue weighted by Crippen LogP contribution is -2.42. The molecular formula is C19H20N4O2. The lowest BCUT2D eigenvalue weighted by atomic mass is 10.2. The summed E-state index contributed by atoms with van der Waals surface area (Å²) >= 11 is 0. The Morgan fingerprint density at radius 3 is 2.48 bits per heavy atom. The number of aryl methyl sites for hydroxylation is 1. The second-order valence-corrected chi connectivity index (χ2v) is 5.72. The molecule has 0 spiro atoms. The van der Waals surface area contributed by atoms with E-state index < -0.39 is 6.04 Å². The average Bonchev–Trinajstić information content (AvgIpc) is 2.99. The molecule has 0 fully saturated rings. The maximum atomic E-state index is 12.4. The number of amides is 2. The minimum absolute atomic E-state index is 0.285. The fourth-order valence-electron chi connectivity index (χ4n) is 2.64. The number of nitrogens with one attached hydrogen (secondary N) is 2. The number of benzene rings is 2. The Bertz CT molecular complexity index is 902. The van der Waals surface area contributed by atoms with Gasteiger partial charge in [-0.1, -0.05) is 30.3 Å². The molecule has 0 aliphatic carbocycles. The highest BCUT2D eigenvalue weighted by Gasteiger charge is 2.19. The van der Waals surface area contributed by atoms with E-state index in [2.05, 4.69) is 15.6 Å². The Balaban J connectivity index is 1.72. The van der Waals surface area contributed by atoms with Crippen molar-refractivity contribution in [3.8, 4) is 0 Å². The quantitative estimate of drug-likeness (QED) is 0.752. The van der Waals surface area contributed by atoms with Crippen LogP contribution in [-0.4, -0.2) is 27.4 Å². The van der Waals surface area contributed by atoms with Crippen LogP contribution in [0.1, 0.15) is 24.2 Å². The van der Waals surface area contributed by atoms with E-state index in [0.29, 0.717) is 18.1 Å². The summed E-state index contributed by atoms with van der Waals surface area (Å²) in [6.45, 7) is 4.32. The molecule has 2 N–H and O–H groups in total. The molecular weight excluding hydrogens is 316 g/mol. The third-order valence-electron chi connectivity index (χ3n) is 3.98. The van der Waals surface area contributed by atoms with Crippen LogP contribution in [0.4, 0.5) is 5.95 Å². The van der Waals surface area contributed by atoms with Crippen LogP contribution in [-0.2, 0) is 11.3 Å². The first kappa shape index (κ1) is 16.7. The van der Waals surface area contributed by atoms with Gasteiger partial charge in [0.2, 0.25) is 11.9 Å². The van der Waals surface area contributed by atoms with Crippen LogP contribution < -0.4 is 10.6 Å². The molecule has 1 aromatic heterocycles. The summed E-state index contributed by atoms with van der Waals surface area (Å²) in [6, 6.07) is 15.8. The van der Waals surface area contributed by atoms with Gasteiger partial charge in [0.1, 0.15) is 6.04 Å². The molecule has 0 aliphatic rings. The second-order valence-electron chi connectivity index (χ2n) is 5.72. The third-order valence-corrected chi connectivity index (χ3v) is 3.98. The van der Waals surface area contributed by atoms with Crippen molar-refractivity contribution in [2.75, 3.05) is 5.32 Å². The van der Waals surface area contributed by atoms with Crippen molar-refractivity contribution in [3.63, 3.8) is 0 Å². The zero-order chi connectivity index (χ0) is 17.8. The van der Waals surface area contributed by atoms with Gasteiger partial charge in [0.05, 0.1) is 11.0 Å². The Morgan fingerprint density at radius 2 is 1.76 bits per heavy atom. The molecule has 25 heavy (non-hydrogen) atoms. The maximum Gasteiger partial charge on any atom is 0.251 e. The highest BCUT2D eigenvalue weighted by Crippen LogP contribution is 2.19. The number of rotatable bonds is 5. The number of anilines is 1.